The molecule has 1 N–H and O–H groups in total. The SMILES string of the molecule is OC(Cc1ccc(Cl)cc1Cl)C1CN2CCN1CC2. The van der Waals surface area contributed by atoms with Gasteiger partial charge in [0.2, 0.25) is 0 Å². The molecule has 0 saturated carbocycles. The first-order valence-electron chi connectivity index (χ1n) is 6.72. The minimum atomic E-state index is -0.373. The van der Waals surface area contributed by atoms with Gasteiger partial charge < -0.3 is 5.11 Å². The molecule has 104 valence electrons. The lowest BCUT2D eigenvalue weighted by Gasteiger charge is -2.49. The lowest BCUT2D eigenvalue weighted by molar-refractivity contribution is -0.0453. The van der Waals surface area contributed by atoms with Crippen LogP contribution in [0.3, 0.4) is 0 Å². The Morgan fingerprint density at radius 3 is 2.53 bits per heavy atom. The van der Waals surface area contributed by atoms with E-state index >= 15 is 0 Å². The first-order chi connectivity index (χ1) is 9.13. The first kappa shape index (κ1) is 13.7. The average Bonchev–Trinajstić information content (AvgIpc) is 2.43. The number of hydrogen-bond acceptors (Lipinski definition) is 3. The van der Waals surface area contributed by atoms with E-state index in [0.29, 0.717) is 16.5 Å². The summed E-state index contributed by atoms with van der Waals surface area (Å²) in [6.07, 6.45) is 0.215. The summed E-state index contributed by atoms with van der Waals surface area (Å²) >= 11 is 12.1. The van der Waals surface area contributed by atoms with Gasteiger partial charge in [-0.1, -0.05) is 29.3 Å². The Bertz CT molecular complexity index is 461. The van der Waals surface area contributed by atoms with E-state index in [2.05, 4.69) is 9.80 Å². The summed E-state index contributed by atoms with van der Waals surface area (Å²) in [6.45, 7) is 5.36. The Hall–Kier alpha value is -0.320. The van der Waals surface area contributed by atoms with Gasteiger partial charge in [-0.3, -0.25) is 9.80 Å². The van der Waals surface area contributed by atoms with Crippen LogP contribution in [0.15, 0.2) is 18.2 Å². The van der Waals surface area contributed by atoms with E-state index in [1.165, 1.54) is 0 Å². The van der Waals surface area contributed by atoms with Crippen LogP contribution in [0.25, 0.3) is 0 Å². The molecule has 0 spiro atoms. The van der Waals surface area contributed by atoms with Crippen molar-refractivity contribution in [2.75, 3.05) is 32.7 Å². The number of hydrogen-bond donors (Lipinski definition) is 1. The molecule has 1 aromatic rings. The average molecular weight is 301 g/mol. The zero-order chi connectivity index (χ0) is 13.4. The van der Waals surface area contributed by atoms with Crippen molar-refractivity contribution in [3.63, 3.8) is 0 Å². The molecular formula is C14H18Cl2N2O. The van der Waals surface area contributed by atoms with Gasteiger partial charge in [-0.05, 0) is 17.7 Å². The molecule has 5 heteroatoms. The highest BCUT2D eigenvalue weighted by atomic mass is 35.5. The standard InChI is InChI=1S/C14H18Cl2N2O/c15-11-2-1-10(12(16)8-11)7-14(19)13-9-17-3-5-18(13)6-4-17/h1-2,8,13-14,19H,3-7,9H2. The summed E-state index contributed by atoms with van der Waals surface area (Å²) in [7, 11) is 0. The van der Waals surface area contributed by atoms with Crippen molar-refractivity contribution in [3.8, 4) is 0 Å². The van der Waals surface area contributed by atoms with Crippen molar-refractivity contribution in [2.24, 2.45) is 0 Å². The van der Waals surface area contributed by atoms with Crippen LogP contribution in [0.4, 0.5) is 0 Å². The lowest BCUT2D eigenvalue weighted by atomic mass is 9.97. The molecule has 2 atom stereocenters. The molecule has 3 saturated heterocycles. The third-order valence-corrected chi connectivity index (χ3v) is 4.80. The Morgan fingerprint density at radius 1 is 1.21 bits per heavy atom. The summed E-state index contributed by atoms with van der Waals surface area (Å²) in [5, 5.41) is 11.8. The number of nitrogens with zero attached hydrogens (tertiary/aromatic N) is 2. The number of piperazine rings is 3. The number of halogens is 2. The topological polar surface area (TPSA) is 26.7 Å². The second-order valence-corrected chi connectivity index (χ2v) is 6.25. The zero-order valence-electron chi connectivity index (χ0n) is 10.7. The molecule has 4 rings (SSSR count). The van der Waals surface area contributed by atoms with Gasteiger partial charge in [0, 0.05) is 55.2 Å². The number of rotatable bonds is 3. The van der Waals surface area contributed by atoms with E-state index in [1.807, 2.05) is 12.1 Å². The highest BCUT2D eigenvalue weighted by Crippen LogP contribution is 2.25. The van der Waals surface area contributed by atoms with Gasteiger partial charge in [-0.25, -0.2) is 0 Å². The molecule has 19 heavy (non-hydrogen) atoms. The van der Waals surface area contributed by atoms with Crippen LogP contribution in [-0.2, 0) is 6.42 Å². The minimum absolute atomic E-state index is 0.231. The van der Waals surface area contributed by atoms with E-state index < -0.39 is 0 Å². The Balaban J connectivity index is 1.69. The molecule has 3 aliphatic heterocycles. The summed E-state index contributed by atoms with van der Waals surface area (Å²) in [5.74, 6) is 0. The minimum Gasteiger partial charge on any atom is -0.391 e. The van der Waals surface area contributed by atoms with Gasteiger partial charge in [0.05, 0.1) is 6.10 Å². The van der Waals surface area contributed by atoms with Crippen LogP contribution in [-0.4, -0.2) is 59.8 Å². The highest BCUT2D eigenvalue weighted by Gasteiger charge is 2.36. The van der Waals surface area contributed by atoms with Crippen LogP contribution in [0, 0.1) is 0 Å². The first-order valence-corrected chi connectivity index (χ1v) is 7.47. The van der Waals surface area contributed by atoms with Gasteiger partial charge in [0.25, 0.3) is 0 Å². The second-order valence-electron chi connectivity index (χ2n) is 5.41. The van der Waals surface area contributed by atoms with Gasteiger partial charge in [-0.2, -0.15) is 0 Å². The summed E-state index contributed by atoms with van der Waals surface area (Å²) in [4.78, 5) is 4.83. The van der Waals surface area contributed by atoms with Gasteiger partial charge in [0.1, 0.15) is 0 Å². The largest absolute Gasteiger partial charge is 0.391 e. The molecule has 3 heterocycles. The van der Waals surface area contributed by atoms with E-state index in [9.17, 15) is 5.11 Å². The predicted molar refractivity (Wildman–Crippen MR) is 78.0 cm³/mol. The maximum atomic E-state index is 10.5. The van der Waals surface area contributed by atoms with Crippen LogP contribution >= 0.6 is 23.2 Å². The van der Waals surface area contributed by atoms with Gasteiger partial charge in [-0.15, -0.1) is 0 Å². The third-order valence-electron chi connectivity index (χ3n) is 4.21. The maximum absolute atomic E-state index is 10.5. The molecule has 0 aliphatic carbocycles. The lowest BCUT2D eigenvalue weighted by Crippen LogP contribution is -2.64. The zero-order valence-corrected chi connectivity index (χ0v) is 12.2. The predicted octanol–water partition coefficient (Wildman–Crippen LogP) is 1.90. The molecule has 0 amide bonds. The molecular weight excluding hydrogens is 283 g/mol. The van der Waals surface area contributed by atoms with Crippen molar-refractivity contribution in [3.05, 3.63) is 33.8 Å². The van der Waals surface area contributed by atoms with Crippen molar-refractivity contribution in [1.82, 2.24) is 9.80 Å². The van der Waals surface area contributed by atoms with Crippen molar-refractivity contribution >= 4 is 23.2 Å². The van der Waals surface area contributed by atoms with Gasteiger partial charge in [0.15, 0.2) is 0 Å². The van der Waals surface area contributed by atoms with E-state index in [-0.39, 0.29) is 12.1 Å². The quantitative estimate of drug-likeness (QED) is 0.924. The highest BCUT2D eigenvalue weighted by molar-refractivity contribution is 6.35. The number of aliphatic hydroxyl groups excluding tert-OH is 1. The fraction of sp³-hybridized carbons (Fsp3) is 0.571. The molecule has 3 nitrogen and oxygen atoms in total. The summed E-state index contributed by atoms with van der Waals surface area (Å²) in [6, 6.07) is 5.70. The van der Waals surface area contributed by atoms with E-state index in [4.69, 9.17) is 23.2 Å². The molecule has 3 fully saturated rings. The fourth-order valence-electron chi connectivity index (χ4n) is 3.07. The number of aliphatic hydroxyl groups is 1. The number of fused-ring (bicyclic) bond motifs is 3. The molecule has 3 aliphatic rings. The van der Waals surface area contributed by atoms with Crippen molar-refractivity contribution < 1.29 is 5.11 Å². The van der Waals surface area contributed by atoms with Crippen molar-refractivity contribution in [2.45, 2.75) is 18.6 Å². The maximum Gasteiger partial charge on any atom is 0.0748 e. The normalized spacial score (nSPS) is 31.4. The van der Waals surface area contributed by atoms with Crippen LogP contribution in [0.2, 0.25) is 10.0 Å². The van der Waals surface area contributed by atoms with Crippen LogP contribution < -0.4 is 0 Å². The smallest absolute Gasteiger partial charge is 0.0748 e. The van der Waals surface area contributed by atoms with Gasteiger partial charge >= 0.3 is 0 Å². The molecule has 0 radical (unpaired) electrons. The Labute approximate surface area is 123 Å². The molecule has 0 aromatic heterocycles. The van der Waals surface area contributed by atoms with Crippen LogP contribution in [0.5, 0.6) is 0 Å². The summed E-state index contributed by atoms with van der Waals surface area (Å²) < 4.78 is 0. The summed E-state index contributed by atoms with van der Waals surface area (Å²) in [5.41, 5.74) is 0.969. The van der Waals surface area contributed by atoms with Crippen molar-refractivity contribution in [1.29, 1.82) is 0 Å². The molecule has 1 aromatic carbocycles. The Kier molecular flexibility index (Phi) is 4.01. The van der Waals surface area contributed by atoms with E-state index in [0.717, 1.165) is 38.3 Å². The molecule has 2 unspecified atom stereocenters. The fourth-order valence-corrected chi connectivity index (χ4v) is 3.56. The Morgan fingerprint density at radius 2 is 1.95 bits per heavy atom. The monoisotopic (exact) mass is 300 g/mol. The number of benzene rings is 1. The molecule has 2 bridgehead atoms. The van der Waals surface area contributed by atoms with E-state index in [1.54, 1.807) is 6.07 Å². The van der Waals surface area contributed by atoms with Crippen LogP contribution in [0.1, 0.15) is 5.56 Å². The second kappa shape index (κ2) is 5.58. The third kappa shape index (κ3) is 2.91.